The van der Waals surface area contributed by atoms with Gasteiger partial charge in [-0.15, -0.1) is 11.8 Å². The molecule has 8 N–H and O–H groups in total. The molecule has 334 valence electrons. The first kappa shape index (κ1) is 51.3. The van der Waals surface area contributed by atoms with Gasteiger partial charge in [0.2, 0.25) is 29.5 Å². The number of amides is 5. The van der Waals surface area contributed by atoms with Gasteiger partial charge >= 0.3 is 11.9 Å². The average Bonchev–Trinajstić information content (AvgIpc) is 3.42. The summed E-state index contributed by atoms with van der Waals surface area (Å²) in [7, 11) is 3.23. The molecular weight excluding hydrogens is 797 g/mol. The van der Waals surface area contributed by atoms with Gasteiger partial charge in [-0.25, -0.2) is 4.79 Å². The fraction of sp³-hybridized carbons (Fsp3) is 0.619. The van der Waals surface area contributed by atoms with E-state index in [0.29, 0.717) is 0 Å². The summed E-state index contributed by atoms with van der Waals surface area (Å²) < 4.78 is 0. The molecule has 5 amide bonds. The van der Waals surface area contributed by atoms with Crippen LogP contribution >= 0.6 is 11.8 Å². The Morgan fingerprint density at radius 1 is 0.967 bits per heavy atom. The molecule has 0 bridgehead atoms. The minimum Gasteiger partial charge on any atom is -0.508 e. The van der Waals surface area contributed by atoms with E-state index in [1.165, 1.54) is 11.8 Å². The van der Waals surface area contributed by atoms with E-state index in [9.17, 15) is 48.6 Å². The lowest BCUT2D eigenvalue weighted by molar-refractivity contribution is -0.142. The van der Waals surface area contributed by atoms with E-state index >= 15 is 0 Å². The van der Waals surface area contributed by atoms with Crippen molar-refractivity contribution in [3.63, 3.8) is 0 Å². The number of imide groups is 1. The standard InChI is InChI=1S/C42H64N6O11S/c1-23(2)30(47(10)38(55)34(41(4,5)6)46-36(53)33(44-9)42(7,8)25-13-15-27(50)16-14-25)20-24(3)35(52)45-29(40(58)59)18-17-26(49)12-11-19-48-32(51)21-31(37(48)54)60-22-28(43)39(56)57/h13-16,20,23,28-31,33-34,44,50H,11-12,17-19,21-22,43H2,1-10H3,(H,45,52)(H,46,53)(H,56,57)(H,58,59)/b24-20+/t28-,29+,30+,31?,33?,34+/m0/s1. The Morgan fingerprint density at radius 3 is 2.08 bits per heavy atom. The number of carbonyl (C=O) groups excluding carboxylic acids is 6. The summed E-state index contributed by atoms with van der Waals surface area (Å²) in [5, 5.41) is 36.4. The van der Waals surface area contributed by atoms with Gasteiger partial charge in [-0.3, -0.25) is 38.5 Å². The molecule has 17 nitrogen and oxygen atoms in total. The number of Topliss-reactive ketones (excluding diaryl/α,β-unsaturated/α-hetero) is 1. The van der Waals surface area contributed by atoms with Crippen LogP contribution in [0.2, 0.25) is 0 Å². The zero-order valence-corrected chi connectivity index (χ0v) is 37.2. The van der Waals surface area contributed by atoms with Crippen LogP contribution in [0.5, 0.6) is 5.75 Å². The van der Waals surface area contributed by atoms with Gasteiger partial charge < -0.3 is 41.9 Å². The van der Waals surface area contributed by atoms with Crippen molar-refractivity contribution in [2.45, 2.75) is 128 Å². The Labute approximate surface area is 356 Å². The highest BCUT2D eigenvalue weighted by Crippen LogP contribution is 2.31. The third-order valence-electron chi connectivity index (χ3n) is 10.7. The maximum Gasteiger partial charge on any atom is 0.326 e. The smallest absolute Gasteiger partial charge is 0.326 e. The van der Waals surface area contributed by atoms with Crippen molar-refractivity contribution >= 4 is 59.0 Å². The number of carboxylic acids is 2. The first-order valence-corrected chi connectivity index (χ1v) is 21.0. The fourth-order valence-corrected chi connectivity index (χ4v) is 8.00. The summed E-state index contributed by atoms with van der Waals surface area (Å²) in [4.78, 5) is 105. The number of hydrogen-bond donors (Lipinski definition) is 7. The van der Waals surface area contributed by atoms with Crippen molar-refractivity contribution < 1.29 is 53.7 Å². The predicted octanol–water partition coefficient (Wildman–Crippen LogP) is 2.19. The first-order chi connectivity index (χ1) is 27.7. The Balaban J connectivity index is 2.08. The maximum atomic E-state index is 14.2. The number of carbonyl (C=O) groups is 8. The summed E-state index contributed by atoms with van der Waals surface area (Å²) in [6, 6.07) is 1.57. The molecule has 1 fully saturated rings. The zero-order chi connectivity index (χ0) is 45.9. The summed E-state index contributed by atoms with van der Waals surface area (Å²) in [5.41, 5.74) is 4.93. The van der Waals surface area contributed by atoms with Crippen LogP contribution in [-0.2, 0) is 43.8 Å². The van der Waals surface area contributed by atoms with Crippen LogP contribution in [0.4, 0.5) is 0 Å². The highest BCUT2D eigenvalue weighted by atomic mass is 32.2. The van der Waals surface area contributed by atoms with Crippen molar-refractivity contribution in [2.24, 2.45) is 17.1 Å². The van der Waals surface area contributed by atoms with E-state index in [-0.39, 0.29) is 67.4 Å². The number of likely N-dealkylation sites (N-methyl/N-ethyl adjacent to an activating group) is 2. The van der Waals surface area contributed by atoms with E-state index in [1.54, 1.807) is 44.4 Å². The van der Waals surface area contributed by atoms with Gasteiger partial charge in [0, 0.05) is 49.6 Å². The zero-order valence-electron chi connectivity index (χ0n) is 36.4. The van der Waals surface area contributed by atoms with Gasteiger partial charge in [0.05, 0.1) is 17.3 Å². The van der Waals surface area contributed by atoms with Crippen LogP contribution in [0.15, 0.2) is 35.9 Å². The minimum atomic E-state index is -1.41. The quantitative estimate of drug-likeness (QED) is 0.0615. The number of carboxylic acid groups (broad SMARTS) is 2. The van der Waals surface area contributed by atoms with Gasteiger partial charge in [0.1, 0.15) is 29.7 Å². The molecule has 0 saturated carbocycles. The maximum absolute atomic E-state index is 14.2. The lowest BCUT2D eigenvalue weighted by atomic mass is 9.76. The fourth-order valence-electron chi connectivity index (χ4n) is 6.89. The molecule has 1 saturated heterocycles. The minimum absolute atomic E-state index is 0.0268. The van der Waals surface area contributed by atoms with Gasteiger partial charge in [0.15, 0.2) is 0 Å². The van der Waals surface area contributed by atoms with E-state index in [2.05, 4.69) is 16.0 Å². The van der Waals surface area contributed by atoms with E-state index in [1.807, 2.05) is 48.5 Å². The van der Waals surface area contributed by atoms with Gasteiger partial charge in [0.25, 0.3) is 0 Å². The van der Waals surface area contributed by atoms with Crippen molar-refractivity contribution in [1.29, 1.82) is 0 Å². The third kappa shape index (κ3) is 14.1. The number of nitrogens with two attached hydrogens (primary N) is 1. The molecule has 1 aromatic rings. The largest absolute Gasteiger partial charge is 0.508 e. The topological polar surface area (TPSA) is 266 Å². The highest BCUT2D eigenvalue weighted by molar-refractivity contribution is 8.00. The number of phenols is 1. The molecule has 0 radical (unpaired) electrons. The Kier molecular flexibility index (Phi) is 19.0. The molecule has 0 spiro atoms. The van der Waals surface area contributed by atoms with Crippen LogP contribution < -0.4 is 21.7 Å². The van der Waals surface area contributed by atoms with E-state index in [0.717, 1.165) is 22.2 Å². The molecule has 2 unspecified atom stereocenters. The van der Waals surface area contributed by atoms with Gasteiger partial charge in [-0.2, -0.15) is 0 Å². The molecule has 0 aromatic heterocycles. The summed E-state index contributed by atoms with van der Waals surface area (Å²) in [6.07, 6.45) is 1.16. The number of rotatable bonds is 23. The lowest BCUT2D eigenvalue weighted by Crippen LogP contribution is -2.61. The molecule has 60 heavy (non-hydrogen) atoms. The van der Waals surface area contributed by atoms with Crippen molar-refractivity contribution in [2.75, 3.05) is 26.4 Å². The van der Waals surface area contributed by atoms with Crippen LogP contribution in [-0.4, -0.2) is 134 Å². The summed E-state index contributed by atoms with van der Waals surface area (Å²) in [6.45, 7) is 14.4. The lowest BCUT2D eigenvalue weighted by Gasteiger charge is -2.40. The second-order valence-corrected chi connectivity index (χ2v) is 18.5. The summed E-state index contributed by atoms with van der Waals surface area (Å²) in [5.74, 6) is -5.51. The molecule has 0 aliphatic carbocycles. The van der Waals surface area contributed by atoms with Crippen molar-refractivity contribution in [1.82, 2.24) is 25.8 Å². The number of likely N-dealkylation sites (tertiary alicyclic amines) is 1. The Morgan fingerprint density at radius 2 is 1.57 bits per heavy atom. The van der Waals surface area contributed by atoms with Crippen LogP contribution in [0.25, 0.3) is 0 Å². The van der Waals surface area contributed by atoms with Crippen molar-refractivity contribution in [3.8, 4) is 5.75 Å². The molecule has 6 atom stereocenters. The number of nitrogens with one attached hydrogen (secondary N) is 3. The highest BCUT2D eigenvalue weighted by Gasteiger charge is 2.42. The number of nitrogens with zero attached hydrogens (tertiary/aromatic N) is 2. The first-order valence-electron chi connectivity index (χ1n) is 20.0. The molecule has 1 aliphatic heterocycles. The molecule has 1 aliphatic rings. The van der Waals surface area contributed by atoms with E-state index in [4.69, 9.17) is 10.8 Å². The average molecular weight is 861 g/mol. The monoisotopic (exact) mass is 860 g/mol. The normalized spacial score (nSPS) is 17.4. The van der Waals surface area contributed by atoms with Gasteiger partial charge in [-0.1, -0.05) is 66.7 Å². The number of thioether (sulfide) groups is 1. The number of hydrogen-bond acceptors (Lipinski definition) is 12. The number of phenolic OH excluding ortho intramolecular Hbond substituents is 1. The van der Waals surface area contributed by atoms with Crippen molar-refractivity contribution in [3.05, 3.63) is 41.5 Å². The number of ketones is 1. The van der Waals surface area contributed by atoms with Crippen LogP contribution in [0, 0.1) is 11.3 Å². The Hall–Kier alpha value is -4.81. The van der Waals surface area contributed by atoms with Crippen LogP contribution in [0.1, 0.15) is 93.1 Å². The molecule has 18 heteroatoms. The molecule has 1 aromatic carbocycles. The predicted molar refractivity (Wildman–Crippen MR) is 227 cm³/mol. The van der Waals surface area contributed by atoms with E-state index < -0.39 is 87.8 Å². The second-order valence-electron chi connectivity index (χ2n) is 17.2. The SMILES string of the molecule is CNC(C(=O)N[C@H](C(=O)N(C)[C@H](/C=C(\C)C(=O)N[C@H](CCC(=O)CCCN1C(=O)CC(SC[C@H](N)C(=O)O)C1=O)C(=O)O)C(C)C)C(C)(C)C)C(C)(C)c1ccc(O)cc1. The number of aromatic hydroxyl groups is 1. The molecule has 2 rings (SSSR count). The Bertz CT molecular complexity index is 1780. The third-order valence-corrected chi connectivity index (χ3v) is 12.0. The molecular formula is C42H64N6O11S. The number of aliphatic carboxylic acids is 2. The second kappa shape index (κ2) is 22.2. The molecule has 1 heterocycles. The van der Waals surface area contributed by atoms with Crippen LogP contribution in [0.3, 0.4) is 0 Å². The number of benzene rings is 1. The van der Waals surface area contributed by atoms with Gasteiger partial charge in [-0.05, 0) is 55.8 Å². The summed E-state index contributed by atoms with van der Waals surface area (Å²) >= 11 is 0.992.